The number of carbonyl (C=O) groups is 1. The fraction of sp³-hybridized carbons (Fsp3) is 0.600. The lowest BCUT2D eigenvalue weighted by atomic mass is 10.1. The molecule has 1 fully saturated rings. The number of amides is 1. The number of hydrogen-bond acceptors (Lipinski definition) is 4. The quantitative estimate of drug-likeness (QED) is 0.876. The summed E-state index contributed by atoms with van der Waals surface area (Å²) in [6.07, 6.45) is 8.72. The van der Waals surface area contributed by atoms with Crippen LogP contribution >= 0.6 is 11.8 Å². The molecule has 4 nitrogen and oxygen atoms in total. The van der Waals surface area contributed by atoms with E-state index in [9.17, 15) is 4.79 Å². The molecule has 0 atom stereocenters. The summed E-state index contributed by atoms with van der Waals surface area (Å²) in [4.78, 5) is 16.6. The Morgan fingerprint density at radius 3 is 2.75 bits per heavy atom. The molecular weight excluding hydrogens is 270 g/mol. The molecule has 1 aliphatic carbocycles. The first-order valence-electron chi connectivity index (χ1n) is 7.08. The molecule has 1 aromatic rings. The number of rotatable bonds is 5. The third kappa shape index (κ3) is 3.26. The second-order valence-corrected chi connectivity index (χ2v) is 6.67. The molecule has 0 aliphatic heterocycles. The van der Waals surface area contributed by atoms with Gasteiger partial charge in [-0.05, 0) is 32.1 Å². The normalized spacial score (nSPS) is 16.9. The van der Waals surface area contributed by atoms with Crippen LogP contribution in [0.4, 0.5) is 5.69 Å². The SMILES string of the molecule is CNc1cc(C)ncc1C(=O)NCC1(SC)CCCC1. The van der Waals surface area contributed by atoms with E-state index in [0.717, 1.165) is 17.9 Å². The number of hydrogen-bond donors (Lipinski definition) is 2. The topological polar surface area (TPSA) is 54.0 Å². The zero-order valence-corrected chi connectivity index (χ0v) is 13.3. The molecule has 2 rings (SSSR count). The molecule has 20 heavy (non-hydrogen) atoms. The first-order chi connectivity index (χ1) is 9.60. The van der Waals surface area contributed by atoms with E-state index in [2.05, 4.69) is 21.9 Å². The molecule has 1 amide bonds. The molecule has 0 spiro atoms. The molecule has 1 saturated carbocycles. The maximum atomic E-state index is 12.4. The van der Waals surface area contributed by atoms with Crippen LogP contribution in [0.2, 0.25) is 0 Å². The monoisotopic (exact) mass is 293 g/mol. The van der Waals surface area contributed by atoms with Crippen LogP contribution in [-0.2, 0) is 0 Å². The molecule has 0 bridgehead atoms. The number of aromatic nitrogens is 1. The van der Waals surface area contributed by atoms with Crippen molar-refractivity contribution in [1.29, 1.82) is 0 Å². The van der Waals surface area contributed by atoms with Gasteiger partial charge in [-0.25, -0.2) is 0 Å². The molecule has 2 N–H and O–H groups in total. The lowest BCUT2D eigenvalue weighted by Gasteiger charge is -2.27. The van der Waals surface area contributed by atoms with Crippen LogP contribution in [0.5, 0.6) is 0 Å². The van der Waals surface area contributed by atoms with Crippen molar-refractivity contribution in [2.75, 3.05) is 25.2 Å². The Bertz CT molecular complexity index is 484. The van der Waals surface area contributed by atoms with Crippen LogP contribution in [0.1, 0.15) is 41.7 Å². The summed E-state index contributed by atoms with van der Waals surface area (Å²) >= 11 is 1.88. The van der Waals surface area contributed by atoms with E-state index in [1.54, 1.807) is 6.20 Å². The first-order valence-corrected chi connectivity index (χ1v) is 8.30. The summed E-state index contributed by atoms with van der Waals surface area (Å²) < 4.78 is 0.230. The molecule has 0 unspecified atom stereocenters. The Morgan fingerprint density at radius 1 is 1.45 bits per heavy atom. The number of anilines is 1. The summed E-state index contributed by atoms with van der Waals surface area (Å²) in [6, 6.07) is 1.90. The molecule has 1 aliphatic rings. The van der Waals surface area contributed by atoms with E-state index in [0.29, 0.717) is 5.56 Å². The fourth-order valence-corrected chi connectivity index (χ4v) is 3.67. The van der Waals surface area contributed by atoms with Gasteiger partial charge in [0.2, 0.25) is 0 Å². The van der Waals surface area contributed by atoms with Crippen LogP contribution in [0.3, 0.4) is 0 Å². The lowest BCUT2D eigenvalue weighted by molar-refractivity contribution is 0.0950. The maximum absolute atomic E-state index is 12.4. The van der Waals surface area contributed by atoms with Crippen molar-refractivity contribution in [3.8, 4) is 0 Å². The molecule has 0 radical (unpaired) electrons. The van der Waals surface area contributed by atoms with Gasteiger partial charge in [-0.2, -0.15) is 11.8 Å². The highest BCUT2D eigenvalue weighted by atomic mass is 32.2. The number of pyridine rings is 1. The standard InChI is InChI=1S/C15H23N3OS/c1-11-8-13(16-2)12(9-17-11)14(19)18-10-15(20-3)6-4-5-7-15/h8-9H,4-7,10H2,1-3H3,(H,16,17)(H,18,19). The van der Waals surface area contributed by atoms with Crippen LogP contribution in [0, 0.1) is 6.92 Å². The summed E-state index contributed by atoms with van der Waals surface area (Å²) in [5.41, 5.74) is 2.36. The Hall–Kier alpha value is -1.23. The predicted molar refractivity (Wildman–Crippen MR) is 85.6 cm³/mol. The molecule has 110 valence electrons. The summed E-state index contributed by atoms with van der Waals surface area (Å²) in [5.74, 6) is -0.0397. The van der Waals surface area contributed by atoms with Crippen LogP contribution in [0.25, 0.3) is 0 Å². The zero-order valence-electron chi connectivity index (χ0n) is 12.5. The Labute approximate surface area is 125 Å². The van der Waals surface area contributed by atoms with Crippen molar-refractivity contribution in [2.45, 2.75) is 37.4 Å². The average Bonchev–Trinajstić information content (AvgIpc) is 2.94. The van der Waals surface area contributed by atoms with E-state index in [1.807, 2.05) is 31.8 Å². The van der Waals surface area contributed by atoms with E-state index in [1.165, 1.54) is 25.7 Å². The molecule has 1 heterocycles. The minimum atomic E-state index is -0.0397. The van der Waals surface area contributed by atoms with Gasteiger partial charge in [-0.1, -0.05) is 12.8 Å². The number of nitrogens with one attached hydrogen (secondary N) is 2. The minimum absolute atomic E-state index is 0.0397. The van der Waals surface area contributed by atoms with E-state index < -0.39 is 0 Å². The smallest absolute Gasteiger partial charge is 0.255 e. The second kappa shape index (κ2) is 6.48. The van der Waals surface area contributed by atoms with Crippen molar-refractivity contribution in [3.63, 3.8) is 0 Å². The maximum Gasteiger partial charge on any atom is 0.255 e. The van der Waals surface area contributed by atoms with Crippen LogP contribution < -0.4 is 10.6 Å². The molecule has 0 saturated heterocycles. The highest BCUT2D eigenvalue weighted by molar-refractivity contribution is 8.00. The highest BCUT2D eigenvalue weighted by Crippen LogP contribution is 2.39. The van der Waals surface area contributed by atoms with Gasteiger partial charge in [0.05, 0.1) is 11.3 Å². The largest absolute Gasteiger partial charge is 0.387 e. The first kappa shape index (κ1) is 15.2. The van der Waals surface area contributed by atoms with Gasteiger partial charge in [0, 0.05) is 30.2 Å². The number of aryl methyl sites for hydroxylation is 1. The molecule has 5 heteroatoms. The van der Waals surface area contributed by atoms with Gasteiger partial charge in [0.1, 0.15) is 0 Å². The van der Waals surface area contributed by atoms with Gasteiger partial charge < -0.3 is 10.6 Å². The van der Waals surface area contributed by atoms with Gasteiger partial charge >= 0.3 is 0 Å². The Kier molecular flexibility index (Phi) is 4.91. The molecule has 1 aromatic heterocycles. The van der Waals surface area contributed by atoms with Crippen molar-refractivity contribution in [1.82, 2.24) is 10.3 Å². The molecular formula is C15H23N3OS. The minimum Gasteiger partial charge on any atom is -0.387 e. The summed E-state index contributed by atoms with van der Waals surface area (Å²) in [6.45, 7) is 2.66. The van der Waals surface area contributed by atoms with Crippen LogP contribution in [-0.4, -0.2) is 35.5 Å². The summed E-state index contributed by atoms with van der Waals surface area (Å²) in [5, 5.41) is 6.15. The third-order valence-electron chi connectivity index (χ3n) is 4.07. The predicted octanol–water partition coefficient (Wildman–Crippen LogP) is 2.84. The van der Waals surface area contributed by atoms with Gasteiger partial charge in [0.25, 0.3) is 5.91 Å². The van der Waals surface area contributed by atoms with Gasteiger partial charge in [-0.15, -0.1) is 0 Å². The lowest BCUT2D eigenvalue weighted by Crippen LogP contribution is -2.38. The van der Waals surface area contributed by atoms with Gasteiger partial charge in [-0.3, -0.25) is 9.78 Å². The van der Waals surface area contributed by atoms with Crippen molar-refractivity contribution >= 4 is 23.4 Å². The van der Waals surface area contributed by atoms with Crippen molar-refractivity contribution in [2.24, 2.45) is 0 Å². The number of thioether (sulfide) groups is 1. The van der Waals surface area contributed by atoms with Crippen molar-refractivity contribution < 1.29 is 4.79 Å². The zero-order chi connectivity index (χ0) is 14.6. The third-order valence-corrected chi connectivity index (χ3v) is 5.49. The Balaban J connectivity index is 2.05. The highest BCUT2D eigenvalue weighted by Gasteiger charge is 2.33. The van der Waals surface area contributed by atoms with E-state index >= 15 is 0 Å². The average molecular weight is 293 g/mol. The Morgan fingerprint density at radius 2 is 2.15 bits per heavy atom. The van der Waals surface area contributed by atoms with Crippen LogP contribution in [0.15, 0.2) is 12.3 Å². The number of nitrogens with zero attached hydrogens (tertiary/aromatic N) is 1. The van der Waals surface area contributed by atoms with E-state index in [4.69, 9.17) is 0 Å². The molecule has 0 aromatic carbocycles. The van der Waals surface area contributed by atoms with Gasteiger partial charge in [0.15, 0.2) is 0 Å². The summed E-state index contributed by atoms with van der Waals surface area (Å²) in [7, 11) is 1.83. The number of carbonyl (C=O) groups excluding carboxylic acids is 1. The second-order valence-electron chi connectivity index (χ2n) is 5.40. The fourth-order valence-electron chi connectivity index (χ4n) is 2.76. The van der Waals surface area contributed by atoms with Crippen molar-refractivity contribution in [3.05, 3.63) is 23.5 Å². The van der Waals surface area contributed by atoms with E-state index in [-0.39, 0.29) is 10.7 Å².